The molecule has 1 aromatic rings. The zero-order valence-electron chi connectivity index (χ0n) is 12.7. The minimum Gasteiger partial charge on any atom is -0.465 e. The van der Waals surface area contributed by atoms with E-state index in [1.54, 1.807) is 31.2 Å². The summed E-state index contributed by atoms with van der Waals surface area (Å²) in [4.78, 5) is 24.5. The van der Waals surface area contributed by atoms with Crippen LogP contribution in [0.1, 0.15) is 56.3 Å². The lowest BCUT2D eigenvalue weighted by Crippen LogP contribution is -2.26. The van der Waals surface area contributed by atoms with E-state index in [2.05, 4.69) is 6.92 Å². The number of ketones is 1. The summed E-state index contributed by atoms with van der Waals surface area (Å²) in [6, 6.07) is 6.63. The maximum absolute atomic E-state index is 12.5. The highest BCUT2D eigenvalue weighted by atomic mass is 35.5. The lowest BCUT2D eigenvalue weighted by atomic mass is 9.92. The summed E-state index contributed by atoms with van der Waals surface area (Å²) in [5, 5.41) is 0.571. The second kappa shape index (κ2) is 9.56. The summed E-state index contributed by atoms with van der Waals surface area (Å²) in [5.41, 5.74) is 0.507. The lowest BCUT2D eigenvalue weighted by Gasteiger charge is -2.14. The van der Waals surface area contributed by atoms with Crippen molar-refractivity contribution in [2.75, 3.05) is 6.61 Å². The Morgan fingerprint density at radius 3 is 2.33 bits per heavy atom. The van der Waals surface area contributed by atoms with Crippen LogP contribution in [0.5, 0.6) is 0 Å². The van der Waals surface area contributed by atoms with Crippen molar-refractivity contribution in [1.82, 2.24) is 0 Å². The molecule has 0 bridgehead atoms. The van der Waals surface area contributed by atoms with Gasteiger partial charge in [-0.3, -0.25) is 9.59 Å². The normalized spacial score (nSPS) is 12.0. The lowest BCUT2D eigenvalue weighted by molar-refractivity contribution is -0.146. The van der Waals surface area contributed by atoms with Gasteiger partial charge in [-0.05, 0) is 37.6 Å². The van der Waals surface area contributed by atoms with Crippen LogP contribution in [-0.4, -0.2) is 18.4 Å². The molecule has 0 saturated heterocycles. The molecular formula is C17H23ClO3. The van der Waals surface area contributed by atoms with Crippen molar-refractivity contribution in [1.29, 1.82) is 0 Å². The smallest absolute Gasteiger partial charge is 0.316 e. The number of unbranched alkanes of at least 4 members (excludes halogenated alkanes) is 3. The zero-order chi connectivity index (χ0) is 15.7. The Kier molecular flexibility index (Phi) is 8.06. The van der Waals surface area contributed by atoms with Crippen LogP contribution in [0.2, 0.25) is 5.02 Å². The molecule has 0 amide bonds. The molecule has 4 heteroatoms. The topological polar surface area (TPSA) is 43.4 Å². The van der Waals surface area contributed by atoms with Crippen molar-refractivity contribution >= 4 is 23.4 Å². The van der Waals surface area contributed by atoms with Gasteiger partial charge in [0.25, 0.3) is 0 Å². The number of carbonyl (C=O) groups is 2. The fraction of sp³-hybridized carbons (Fsp3) is 0.529. The minimum absolute atomic E-state index is 0.179. The number of carbonyl (C=O) groups excluding carboxylic acids is 2. The van der Waals surface area contributed by atoms with Gasteiger partial charge in [0.2, 0.25) is 0 Å². The summed E-state index contributed by atoms with van der Waals surface area (Å²) in [7, 11) is 0. The van der Waals surface area contributed by atoms with Crippen LogP contribution in [0.15, 0.2) is 24.3 Å². The predicted octanol–water partition coefficient (Wildman–Crippen LogP) is 4.67. The number of rotatable bonds is 9. The van der Waals surface area contributed by atoms with Gasteiger partial charge in [0.05, 0.1) is 6.61 Å². The van der Waals surface area contributed by atoms with Gasteiger partial charge in [-0.1, -0.05) is 44.2 Å². The Labute approximate surface area is 131 Å². The SMILES string of the molecule is CCCCCCC(C(=O)OCC)C(=O)c1ccc(Cl)cc1. The fourth-order valence-corrected chi connectivity index (χ4v) is 2.32. The third-order valence-electron chi connectivity index (χ3n) is 3.36. The van der Waals surface area contributed by atoms with Crippen LogP contribution in [0.3, 0.4) is 0 Å². The van der Waals surface area contributed by atoms with E-state index in [1.165, 1.54) is 0 Å². The van der Waals surface area contributed by atoms with Crippen LogP contribution in [0.4, 0.5) is 0 Å². The maximum Gasteiger partial charge on any atom is 0.316 e. The molecule has 0 saturated carbocycles. The van der Waals surface area contributed by atoms with E-state index in [9.17, 15) is 9.59 Å². The van der Waals surface area contributed by atoms with Gasteiger partial charge in [-0.15, -0.1) is 0 Å². The molecule has 0 aliphatic carbocycles. The Bertz CT molecular complexity index is 454. The van der Waals surface area contributed by atoms with Crippen LogP contribution in [-0.2, 0) is 9.53 Å². The molecule has 0 aliphatic heterocycles. The van der Waals surface area contributed by atoms with Crippen LogP contribution < -0.4 is 0 Å². The number of hydrogen-bond donors (Lipinski definition) is 0. The van der Waals surface area contributed by atoms with Gasteiger partial charge in [0, 0.05) is 10.6 Å². The number of halogens is 1. The van der Waals surface area contributed by atoms with E-state index in [0.717, 1.165) is 25.7 Å². The minimum atomic E-state index is -0.706. The molecule has 0 aliphatic rings. The zero-order valence-corrected chi connectivity index (χ0v) is 13.5. The van der Waals surface area contributed by atoms with Gasteiger partial charge in [0.15, 0.2) is 5.78 Å². The first kappa shape index (κ1) is 17.7. The quantitative estimate of drug-likeness (QED) is 0.288. The Hall–Kier alpha value is -1.35. The van der Waals surface area contributed by atoms with E-state index < -0.39 is 11.9 Å². The van der Waals surface area contributed by atoms with Gasteiger partial charge in [0.1, 0.15) is 5.92 Å². The monoisotopic (exact) mass is 310 g/mol. The second-order valence-electron chi connectivity index (χ2n) is 5.03. The summed E-state index contributed by atoms with van der Waals surface area (Å²) in [6.07, 6.45) is 4.66. The largest absolute Gasteiger partial charge is 0.465 e. The maximum atomic E-state index is 12.5. The van der Waals surface area contributed by atoms with E-state index >= 15 is 0 Å². The average molecular weight is 311 g/mol. The molecular weight excluding hydrogens is 288 g/mol. The Balaban J connectivity index is 2.76. The molecule has 1 rings (SSSR count). The molecule has 0 heterocycles. The first-order valence-corrected chi connectivity index (χ1v) is 7.94. The highest BCUT2D eigenvalue weighted by Crippen LogP contribution is 2.20. The van der Waals surface area contributed by atoms with E-state index in [1.807, 2.05) is 0 Å². The van der Waals surface area contributed by atoms with Gasteiger partial charge in [-0.2, -0.15) is 0 Å². The molecule has 0 aromatic heterocycles. The summed E-state index contributed by atoms with van der Waals surface area (Å²) in [5.74, 6) is -1.31. The van der Waals surface area contributed by atoms with Crippen LogP contribution >= 0.6 is 11.6 Å². The first-order chi connectivity index (χ1) is 10.1. The highest BCUT2D eigenvalue weighted by Gasteiger charge is 2.28. The number of hydrogen-bond acceptors (Lipinski definition) is 3. The number of esters is 1. The van der Waals surface area contributed by atoms with Gasteiger partial charge in [-0.25, -0.2) is 0 Å². The molecule has 0 spiro atoms. The van der Waals surface area contributed by atoms with Crippen molar-refractivity contribution in [3.8, 4) is 0 Å². The Morgan fingerprint density at radius 2 is 1.76 bits per heavy atom. The molecule has 0 N–H and O–H groups in total. The van der Waals surface area contributed by atoms with Gasteiger partial charge < -0.3 is 4.74 Å². The van der Waals surface area contributed by atoms with E-state index in [0.29, 0.717) is 17.0 Å². The molecule has 1 atom stereocenters. The second-order valence-corrected chi connectivity index (χ2v) is 5.46. The van der Waals surface area contributed by atoms with Crippen molar-refractivity contribution < 1.29 is 14.3 Å². The molecule has 0 radical (unpaired) electrons. The summed E-state index contributed by atoms with van der Waals surface area (Å²) < 4.78 is 5.04. The summed E-state index contributed by atoms with van der Waals surface area (Å²) >= 11 is 5.82. The van der Waals surface area contributed by atoms with Crippen molar-refractivity contribution in [3.05, 3.63) is 34.9 Å². The van der Waals surface area contributed by atoms with E-state index in [-0.39, 0.29) is 12.4 Å². The number of Topliss-reactive ketones (excluding diaryl/α,β-unsaturated/α-hetero) is 1. The molecule has 116 valence electrons. The van der Waals surface area contributed by atoms with Crippen molar-refractivity contribution in [2.24, 2.45) is 5.92 Å². The fourth-order valence-electron chi connectivity index (χ4n) is 2.19. The molecule has 3 nitrogen and oxygen atoms in total. The van der Waals surface area contributed by atoms with Gasteiger partial charge >= 0.3 is 5.97 Å². The molecule has 0 fully saturated rings. The summed E-state index contributed by atoms with van der Waals surface area (Å²) in [6.45, 7) is 4.17. The third kappa shape index (κ3) is 5.88. The Morgan fingerprint density at radius 1 is 1.10 bits per heavy atom. The molecule has 21 heavy (non-hydrogen) atoms. The van der Waals surface area contributed by atoms with Crippen LogP contribution in [0, 0.1) is 5.92 Å². The standard InChI is InChI=1S/C17H23ClO3/c1-3-5-6-7-8-15(17(20)21-4-2)16(19)13-9-11-14(18)12-10-13/h9-12,15H,3-8H2,1-2H3. The highest BCUT2D eigenvalue weighted by molar-refractivity contribution is 6.30. The number of benzene rings is 1. The number of ether oxygens (including phenoxy) is 1. The molecule has 1 aromatic carbocycles. The third-order valence-corrected chi connectivity index (χ3v) is 3.61. The molecule has 1 unspecified atom stereocenters. The van der Waals surface area contributed by atoms with Crippen molar-refractivity contribution in [3.63, 3.8) is 0 Å². The first-order valence-electron chi connectivity index (χ1n) is 7.56. The predicted molar refractivity (Wildman–Crippen MR) is 84.7 cm³/mol. The van der Waals surface area contributed by atoms with E-state index in [4.69, 9.17) is 16.3 Å². The average Bonchev–Trinajstić information content (AvgIpc) is 2.47. The van der Waals surface area contributed by atoms with Crippen LogP contribution in [0.25, 0.3) is 0 Å². The van der Waals surface area contributed by atoms with Crippen molar-refractivity contribution in [2.45, 2.75) is 46.0 Å².